The zero-order valence-corrected chi connectivity index (χ0v) is 6.02. The van der Waals surface area contributed by atoms with Crippen LogP contribution in [-0.4, -0.2) is 35.8 Å². The summed E-state index contributed by atoms with van der Waals surface area (Å²) in [7, 11) is 1.93. The number of carbonyl (C=O) groups excluding carboxylic acids is 1. The molecule has 4 heteroatoms. The van der Waals surface area contributed by atoms with Crippen LogP contribution in [0.2, 0.25) is 0 Å². The van der Waals surface area contributed by atoms with Crippen LogP contribution in [0.25, 0.3) is 0 Å². The highest BCUT2D eigenvalue weighted by Gasteiger charge is 2.13. The van der Waals surface area contributed by atoms with E-state index in [0.717, 1.165) is 17.5 Å². The summed E-state index contributed by atoms with van der Waals surface area (Å²) in [5, 5.41) is 0.838. The third-order valence-electron chi connectivity index (χ3n) is 1.15. The normalized spacial score (nSPS) is 23.2. The van der Waals surface area contributed by atoms with Crippen molar-refractivity contribution in [3.63, 3.8) is 0 Å². The number of nitrogens with zero attached hydrogens (tertiary/aromatic N) is 2. The summed E-state index contributed by atoms with van der Waals surface area (Å²) in [5.74, 6) is 1.04. The van der Waals surface area contributed by atoms with Gasteiger partial charge in [0.05, 0.1) is 0 Å². The minimum Gasteiger partial charge on any atom is -0.353 e. The summed E-state index contributed by atoms with van der Waals surface area (Å²) in [6.07, 6.45) is 0.587. The molecule has 0 spiro atoms. The minimum atomic E-state index is 0.587. The molecule has 0 aromatic carbocycles. The van der Waals surface area contributed by atoms with Crippen molar-refractivity contribution >= 4 is 23.3 Å². The molecule has 9 heavy (non-hydrogen) atoms. The smallest absolute Gasteiger partial charge is 0.235 e. The number of amidine groups is 1. The Balaban J connectivity index is 2.58. The lowest BCUT2D eigenvalue weighted by Gasteiger charge is -2.06. The van der Waals surface area contributed by atoms with E-state index in [9.17, 15) is 4.79 Å². The van der Waals surface area contributed by atoms with Gasteiger partial charge in [0.2, 0.25) is 6.41 Å². The highest BCUT2D eigenvalue weighted by molar-refractivity contribution is 8.14. The summed E-state index contributed by atoms with van der Waals surface area (Å²) < 4.78 is 0. The van der Waals surface area contributed by atoms with Crippen molar-refractivity contribution in [2.75, 3.05) is 19.3 Å². The van der Waals surface area contributed by atoms with E-state index in [4.69, 9.17) is 0 Å². The molecule has 0 bridgehead atoms. The summed E-state index contributed by atoms with van der Waals surface area (Å²) in [4.78, 5) is 15.5. The number of carbonyl (C=O) groups is 1. The van der Waals surface area contributed by atoms with Gasteiger partial charge in [-0.25, -0.2) is 0 Å². The molecular weight excluding hydrogens is 136 g/mol. The molecular formula is C5H8N2OS. The van der Waals surface area contributed by atoms with Gasteiger partial charge >= 0.3 is 0 Å². The van der Waals surface area contributed by atoms with Gasteiger partial charge in [0.1, 0.15) is 0 Å². The number of thioether (sulfide) groups is 1. The predicted molar refractivity (Wildman–Crippen MR) is 38.6 cm³/mol. The van der Waals surface area contributed by atoms with Gasteiger partial charge in [0, 0.05) is 19.3 Å². The molecule has 0 N–H and O–H groups in total. The van der Waals surface area contributed by atoms with Gasteiger partial charge < -0.3 is 4.90 Å². The van der Waals surface area contributed by atoms with Crippen LogP contribution < -0.4 is 0 Å². The Morgan fingerprint density at radius 3 is 3.11 bits per heavy atom. The Morgan fingerprint density at radius 1 is 1.89 bits per heavy atom. The first kappa shape index (κ1) is 6.61. The fraction of sp³-hybridized carbons (Fsp3) is 0.600. The van der Waals surface area contributed by atoms with Crippen LogP contribution in [0.3, 0.4) is 0 Å². The highest BCUT2D eigenvalue weighted by atomic mass is 32.2. The fourth-order valence-electron chi connectivity index (χ4n) is 0.661. The Kier molecular flexibility index (Phi) is 2.10. The van der Waals surface area contributed by atoms with Crippen molar-refractivity contribution in [2.24, 2.45) is 4.99 Å². The first-order chi connectivity index (χ1) is 4.34. The lowest BCUT2D eigenvalue weighted by atomic mass is 10.7. The van der Waals surface area contributed by atoms with E-state index in [1.54, 1.807) is 11.8 Å². The van der Waals surface area contributed by atoms with Gasteiger partial charge in [-0.15, -0.1) is 0 Å². The van der Waals surface area contributed by atoms with Crippen LogP contribution >= 0.6 is 11.8 Å². The summed E-state index contributed by atoms with van der Waals surface area (Å²) in [6.45, 7) is 0.997. The number of hydrogen-bond donors (Lipinski definition) is 0. The van der Waals surface area contributed by atoms with Gasteiger partial charge in [-0.2, -0.15) is 4.99 Å². The van der Waals surface area contributed by atoms with Crippen LogP contribution in [0.4, 0.5) is 0 Å². The zero-order chi connectivity index (χ0) is 6.69. The molecule has 1 amide bonds. The van der Waals surface area contributed by atoms with Crippen LogP contribution in [0.5, 0.6) is 0 Å². The standard InChI is InChI=1S/C5H8N2OS/c1-7-2-3-9-5(7)6-4-8/h4H,2-3H2,1H3. The number of rotatable bonds is 1. The molecule has 0 aliphatic carbocycles. The summed E-state index contributed by atoms with van der Waals surface area (Å²) in [6, 6.07) is 0. The van der Waals surface area contributed by atoms with Crippen LogP contribution in [-0.2, 0) is 4.79 Å². The Hall–Kier alpha value is -0.510. The molecule has 0 unspecified atom stereocenters. The van der Waals surface area contributed by atoms with Gasteiger partial charge in [-0.3, -0.25) is 4.79 Å². The number of aliphatic imine (C=N–C) groups is 1. The SMILES string of the molecule is CN1CCSC1=NC=O. The average Bonchev–Trinajstić information content (AvgIpc) is 2.18. The second-order valence-electron chi connectivity index (χ2n) is 1.79. The molecule has 1 fully saturated rings. The maximum Gasteiger partial charge on any atom is 0.235 e. The monoisotopic (exact) mass is 144 g/mol. The maximum absolute atomic E-state index is 9.88. The van der Waals surface area contributed by atoms with Crippen LogP contribution in [0.1, 0.15) is 0 Å². The molecule has 0 saturated carbocycles. The number of amides is 1. The van der Waals surface area contributed by atoms with Crippen LogP contribution in [0, 0.1) is 0 Å². The van der Waals surface area contributed by atoms with Crippen molar-refractivity contribution in [1.82, 2.24) is 4.90 Å². The molecule has 1 heterocycles. The van der Waals surface area contributed by atoms with E-state index in [-0.39, 0.29) is 0 Å². The minimum absolute atomic E-state index is 0.587. The Morgan fingerprint density at radius 2 is 2.67 bits per heavy atom. The van der Waals surface area contributed by atoms with E-state index in [2.05, 4.69) is 4.99 Å². The molecule has 1 rings (SSSR count). The molecule has 3 nitrogen and oxygen atoms in total. The molecule has 1 aliphatic rings. The van der Waals surface area contributed by atoms with Crippen molar-refractivity contribution in [1.29, 1.82) is 0 Å². The van der Waals surface area contributed by atoms with Crippen molar-refractivity contribution < 1.29 is 4.79 Å². The third-order valence-corrected chi connectivity index (χ3v) is 2.21. The lowest BCUT2D eigenvalue weighted by molar-refractivity contribution is -0.106. The second kappa shape index (κ2) is 2.87. The molecule has 1 saturated heterocycles. The average molecular weight is 144 g/mol. The van der Waals surface area contributed by atoms with Gasteiger partial charge in [-0.05, 0) is 0 Å². The molecule has 50 valence electrons. The fourth-order valence-corrected chi connectivity index (χ4v) is 1.64. The molecule has 0 atom stereocenters. The van der Waals surface area contributed by atoms with Crippen molar-refractivity contribution in [2.45, 2.75) is 0 Å². The van der Waals surface area contributed by atoms with E-state index in [0.29, 0.717) is 6.41 Å². The molecule has 0 aromatic rings. The van der Waals surface area contributed by atoms with Gasteiger partial charge in [0.25, 0.3) is 0 Å². The Bertz CT molecular complexity index is 146. The van der Waals surface area contributed by atoms with E-state index >= 15 is 0 Å². The zero-order valence-electron chi connectivity index (χ0n) is 5.20. The van der Waals surface area contributed by atoms with E-state index in [1.165, 1.54) is 0 Å². The van der Waals surface area contributed by atoms with Gasteiger partial charge in [-0.1, -0.05) is 11.8 Å². The van der Waals surface area contributed by atoms with Crippen LogP contribution in [0.15, 0.2) is 4.99 Å². The molecule has 0 radical (unpaired) electrons. The third kappa shape index (κ3) is 1.45. The summed E-state index contributed by atoms with van der Waals surface area (Å²) in [5.41, 5.74) is 0. The highest BCUT2D eigenvalue weighted by Crippen LogP contribution is 2.14. The second-order valence-corrected chi connectivity index (χ2v) is 2.85. The Labute approximate surface area is 58.1 Å². The lowest BCUT2D eigenvalue weighted by Crippen LogP contribution is -2.18. The summed E-state index contributed by atoms with van der Waals surface area (Å²) >= 11 is 1.62. The van der Waals surface area contributed by atoms with E-state index in [1.807, 2.05) is 11.9 Å². The first-order valence-corrected chi connectivity index (χ1v) is 3.68. The molecule has 0 aromatic heterocycles. The quantitative estimate of drug-likeness (QED) is 0.492. The molecule has 1 aliphatic heterocycles. The predicted octanol–water partition coefficient (Wildman–Crippen LogP) is 0.177. The van der Waals surface area contributed by atoms with E-state index < -0.39 is 0 Å². The van der Waals surface area contributed by atoms with Crippen molar-refractivity contribution in [3.05, 3.63) is 0 Å². The van der Waals surface area contributed by atoms with Crippen molar-refractivity contribution in [3.8, 4) is 0 Å². The maximum atomic E-state index is 9.88. The largest absolute Gasteiger partial charge is 0.353 e. The first-order valence-electron chi connectivity index (χ1n) is 2.70. The number of hydrogen-bond acceptors (Lipinski definition) is 2. The topological polar surface area (TPSA) is 32.7 Å². The van der Waals surface area contributed by atoms with Gasteiger partial charge in [0.15, 0.2) is 5.17 Å².